The minimum Gasteiger partial charge on any atom is -0.495 e. The maximum Gasteiger partial charge on any atom is 0.335 e. The number of ether oxygens (including phenoxy) is 1. The largest absolute Gasteiger partial charge is 0.495 e. The summed E-state index contributed by atoms with van der Waals surface area (Å²) >= 11 is 6.30. The number of carbonyl (C=O) groups is 1. The van der Waals surface area contributed by atoms with Crippen LogP contribution in [0.4, 0.5) is 0 Å². The van der Waals surface area contributed by atoms with Crippen molar-refractivity contribution in [2.45, 2.75) is 12.3 Å². The second kappa shape index (κ2) is 6.83. The van der Waals surface area contributed by atoms with Crippen LogP contribution in [0, 0.1) is 0 Å². The molecular weight excluding hydrogens is 326 g/mol. The molecule has 0 fully saturated rings. The van der Waals surface area contributed by atoms with Gasteiger partial charge in [0.1, 0.15) is 5.75 Å². The van der Waals surface area contributed by atoms with E-state index in [4.69, 9.17) is 21.4 Å². The first-order valence-electron chi connectivity index (χ1n) is 7.87. The Morgan fingerprint density at radius 3 is 2.62 bits per heavy atom. The van der Waals surface area contributed by atoms with Crippen LogP contribution in [0.5, 0.6) is 5.75 Å². The SMILES string of the molecule is COc1cc2c(cc1Cl)CCN(C)C[C@@H]2c1ccc(C(=O)O)cc1. The third-order valence-corrected chi connectivity index (χ3v) is 4.90. The average molecular weight is 346 g/mol. The highest BCUT2D eigenvalue weighted by atomic mass is 35.5. The maximum atomic E-state index is 11.1. The van der Waals surface area contributed by atoms with Crippen LogP contribution in [-0.2, 0) is 6.42 Å². The zero-order valence-electron chi connectivity index (χ0n) is 13.8. The Hall–Kier alpha value is -2.04. The average Bonchev–Trinajstić information content (AvgIpc) is 2.73. The molecule has 0 unspecified atom stereocenters. The molecule has 4 nitrogen and oxygen atoms in total. The van der Waals surface area contributed by atoms with Crippen LogP contribution in [0.1, 0.15) is 33.0 Å². The quantitative estimate of drug-likeness (QED) is 0.922. The Balaban J connectivity index is 2.07. The molecule has 0 amide bonds. The van der Waals surface area contributed by atoms with Gasteiger partial charge in [0.2, 0.25) is 0 Å². The lowest BCUT2D eigenvalue weighted by Gasteiger charge is -2.22. The van der Waals surface area contributed by atoms with Gasteiger partial charge in [0.15, 0.2) is 0 Å². The Bertz CT molecular complexity index is 758. The first-order valence-corrected chi connectivity index (χ1v) is 8.25. The number of likely N-dealkylation sites (N-methyl/N-ethyl adjacent to an activating group) is 1. The fourth-order valence-electron chi connectivity index (χ4n) is 3.26. The number of halogens is 1. The number of carboxylic acids is 1. The molecule has 0 radical (unpaired) electrons. The van der Waals surface area contributed by atoms with Crippen molar-refractivity contribution in [1.29, 1.82) is 0 Å². The van der Waals surface area contributed by atoms with E-state index in [2.05, 4.69) is 11.9 Å². The van der Waals surface area contributed by atoms with Crippen LogP contribution < -0.4 is 4.74 Å². The molecule has 0 aromatic heterocycles. The summed E-state index contributed by atoms with van der Waals surface area (Å²) in [7, 11) is 3.72. The third kappa shape index (κ3) is 3.25. The number of aromatic carboxylic acids is 1. The van der Waals surface area contributed by atoms with Crippen LogP contribution >= 0.6 is 11.6 Å². The summed E-state index contributed by atoms with van der Waals surface area (Å²) in [4.78, 5) is 13.4. The number of rotatable bonds is 3. The molecule has 1 atom stereocenters. The molecule has 2 aromatic rings. The van der Waals surface area contributed by atoms with Gasteiger partial charge in [0.25, 0.3) is 0 Å². The first kappa shape index (κ1) is 16.8. The minimum absolute atomic E-state index is 0.154. The minimum atomic E-state index is -0.909. The summed E-state index contributed by atoms with van der Waals surface area (Å²) in [6, 6.07) is 11.1. The van der Waals surface area contributed by atoms with Gasteiger partial charge in [-0.1, -0.05) is 23.7 Å². The van der Waals surface area contributed by atoms with Gasteiger partial charge in [0, 0.05) is 19.0 Å². The number of benzene rings is 2. The molecule has 5 heteroatoms. The normalized spacial score (nSPS) is 17.9. The number of nitrogens with zero attached hydrogens (tertiary/aromatic N) is 1. The maximum absolute atomic E-state index is 11.1. The Morgan fingerprint density at radius 2 is 2.00 bits per heavy atom. The van der Waals surface area contributed by atoms with E-state index in [0.717, 1.165) is 25.1 Å². The molecule has 1 heterocycles. The van der Waals surface area contributed by atoms with E-state index >= 15 is 0 Å². The zero-order valence-corrected chi connectivity index (χ0v) is 14.5. The Morgan fingerprint density at radius 1 is 1.29 bits per heavy atom. The third-order valence-electron chi connectivity index (χ3n) is 4.61. The van der Waals surface area contributed by atoms with Gasteiger partial charge in [-0.05, 0) is 54.4 Å². The van der Waals surface area contributed by atoms with Crippen LogP contribution in [0.3, 0.4) is 0 Å². The van der Waals surface area contributed by atoms with Gasteiger partial charge in [0.05, 0.1) is 17.7 Å². The van der Waals surface area contributed by atoms with E-state index in [1.807, 2.05) is 24.3 Å². The summed E-state index contributed by atoms with van der Waals surface area (Å²) in [5, 5.41) is 9.72. The highest BCUT2D eigenvalue weighted by molar-refractivity contribution is 6.32. The Labute approximate surface area is 146 Å². The smallest absolute Gasteiger partial charge is 0.335 e. The fourth-order valence-corrected chi connectivity index (χ4v) is 3.53. The van der Waals surface area contributed by atoms with Gasteiger partial charge < -0.3 is 14.7 Å². The molecule has 126 valence electrons. The predicted molar refractivity (Wildman–Crippen MR) is 94.4 cm³/mol. The summed E-state index contributed by atoms with van der Waals surface area (Å²) < 4.78 is 5.39. The molecule has 24 heavy (non-hydrogen) atoms. The Kier molecular flexibility index (Phi) is 4.78. The van der Waals surface area contributed by atoms with Gasteiger partial charge in [-0.3, -0.25) is 0 Å². The van der Waals surface area contributed by atoms with E-state index < -0.39 is 5.97 Å². The molecule has 0 saturated carbocycles. The van der Waals surface area contributed by atoms with Crippen molar-refractivity contribution in [2.75, 3.05) is 27.2 Å². The molecule has 2 aromatic carbocycles. The molecule has 0 spiro atoms. The lowest BCUT2D eigenvalue weighted by Crippen LogP contribution is -2.24. The van der Waals surface area contributed by atoms with Gasteiger partial charge >= 0.3 is 5.97 Å². The van der Waals surface area contributed by atoms with Gasteiger partial charge in [-0.25, -0.2) is 4.79 Å². The molecule has 1 aliphatic heterocycles. The van der Waals surface area contributed by atoms with E-state index in [1.54, 1.807) is 19.2 Å². The van der Waals surface area contributed by atoms with Crippen LogP contribution in [0.2, 0.25) is 5.02 Å². The molecule has 3 rings (SSSR count). The molecule has 0 bridgehead atoms. The van der Waals surface area contributed by atoms with Crippen LogP contribution in [0.15, 0.2) is 36.4 Å². The van der Waals surface area contributed by atoms with Crippen molar-refractivity contribution in [1.82, 2.24) is 4.90 Å². The van der Waals surface area contributed by atoms with Gasteiger partial charge in [-0.15, -0.1) is 0 Å². The molecule has 0 saturated heterocycles. The van der Waals surface area contributed by atoms with Crippen LogP contribution in [0.25, 0.3) is 0 Å². The van der Waals surface area contributed by atoms with E-state index in [9.17, 15) is 4.79 Å². The topological polar surface area (TPSA) is 49.8 Å². The molecule has 1 aliphatic rings. The second-order valence-corrected chi connectivity index (χ2v) is 6.58. The number of hydrogen-bond donors (Lipinski definition) is 1. The monoisotopic (exact) mass is 345 g/mol. The van der Waals surface area contributed by atoms with Crippen molar-refractivity contribution in [3.8, 4) is 5.75 Å². The zero-order chi connectivity index (χ0) is 17.3. The van der Waals surface area contributed by atoms with Crippen molar-refractivity contribution in [2.24, 2.45) is 0 Å². The van der Waals surface area contributed by atoms with Crippen molar-refractivity contribution >= 4 is 17.6 Å². The van der Waals surface area contributed by atoms with E-state index in [1.165, 1.54) is 11.1 Å². The number of hydrogen-bond acceptors (Lipinski definition) is 3. The summed E-state index contributed by atoms with van der Waals surface area (Å²) in [6.45, 7) is 1.82. The highest BCUT2D eigenvalue weighted by Crippen LogP contribution is 2.37. The number of carboxylic acid groups (broad SMARTS) is 1. The summed E-state index contributed by atoms with van der Waals surface area (Å²) in [5.74, 6) is -0.0815. The summed E-state index contributed by atoms with van der Waals surface area (Å²) in [6.07, 6.45) is 0.930. The molecule has 1 N–H and O–H groups in total. The van der Waals surface area contributed by atoms with Crippen molar-refractivity contribution < 1.29 is 14.6 Å². The lowest BCUT2D eigenvalue weighted by atomic mass is 9.87. The van der Waals surface area contributed by atoms with Gasteiger partial charge in [-0.2, -0.15) is 0 Å². The molecular formula is C19H20ClNO3. The predicted octanol–water partition coefficient (Wildman–Crippen LogP) is 3.67. The number of fused-ring (bicyclic) bond motifs is 1. The standard InChI is InChI=1S/C19H20ClNO3/c1-21-8-7-14-9-17(20)18(24-2)10-15(14)16(11-21)12-3-5-13(6-4-12)19(22)23/h3-6,9-10,16H,7-8,11H2,1-2H3,(H,22,23)/t16-/m1/s1. The number of methoxy groups -OCH3 is 1. The lowest BCUT2D eigenvalue weighted by molar-refractivity contribution is 0.0697. The molecule has 0 aliphatic carbocycles. The summed E-state index contributed by atoms with van der Waals surface area (Å²) in [5.41, 5.74) is 3.81. The van der Waals surface area contributed by atoms with Crippen molar-refractivity contribution in [3.05, 3.63) is 63.7 Å². The van der Waals surface area contributed by atoms with Crippen LogP contribution in [-0.4, -0.2) is 43.2 Å². The first-order chi connectivity index (χ1) is 11.5. The van der Waals surface area contributed by atoms with E-state index in [-0.39, 0.29) is 5.92 Å². The van der Waals surface area contributed by atoms with E-state index in [0.29, 0.717) is 16.3 Å². The fraction of sp³-hybridized carbons (Fsp3) is 0.316. The van der Waals surface area contributed by atoms with Crippen molar-refractivity contribution in [3.63, 3.8) is 0 Å². The highest BCUT2D eigenvalue weighted by Gasteiger charge is 2.24. The second-order valence-electron chi connectivity index (χ2n) is 6.18.